The van der Waals surface area contributed by atoms with Crippen LogP contribution < -0.4 is 4.74 Å². The third-order valence-corrected chi connectivity index (χ3v) is 2.69. The Balaban J connectivity index is 2.67. The first kappa shape index (κ1) is 18.0. The third-order valence-electron chi connectivity index (χ3n) is 2.69. The number of rotatable bonds is 6. The van der Waals surface area contributed by atoms with E-state index in [9.17, 15) is 9.59 Å². The van der Waals surface area contributed by atoms with Crippen LogP contribution in [0, 0.1) is 5.92 Å². The van der Waals surface area contributed by atoms with Crippen LogP contribution in [0.4, 0.5) is 0 Å². The van der Waals surface area contributed by atoms with Gasteiger partial charge < -0.3 is 18.7 Å². The molecular weight excluding hydrogens is 290 g/mol. The number of carbonyl (C=O) groups excluding carboxylic acids is 2. The van der Waals surface area contributed by atoms with E-state index in [2.05, 4.69) is 5.16 Å². The third kappa shape index (κ3) is 5.38. The van der Waals surface area contributed by atoms with E-state index >= 15 is 0 Å². The molecule has 7 heteroatoms. The number of hydrogen-bond acceptors (Lipinski definition) is 7. The number of aromatic nitrogens is 1. The van der Waals surface area contributed by atoms with Gasteiger partial charge in [-0.2, -0.15) is 0 Å². The average Bonchev–Trinajstić information content (AvgIpc) is 2.82. The molecule has 0 aliphatic rings. The molecule has 7 nitrogen and oxygen atoms in total. The minimum atomic E-state index is -0.580. The molecule has 0 saturated heterocycles. The van der Waals surface area contributed by atoms with E-state index in [0.717, 1.165) is 0 Å². The molecule has 124 valence electrons. The Labute approximate surface area is 129 Å². The first-order chi connectivity index (χ1) is 10.1. The largest absolute Gasteiger partial charge is 0.468 e. The first-order valence-corrected chi connectivity index (χ1v) is 7.03. The zero-order valence-electron chi connectivity index (χ0n) is 13.8. The van der Waals surface area contributed by atoms with E-state index in [1.807, 2.05) is 13.8 Å². The standard InChI is InChI=1S/C15H23NO6/c1-9(2)13(14(18)19-6)10-7-11(16-22-10)20-8-12(17)21-15(3,4)5/h7,9,13H,8H2,1-6H3. The van der Waals surface area contributed by atoms with Crippen molar-refractivity contribution in [2.24, 2.45) is 5.92 Å². The summed E-state index contributed by atoms with van der Waals surface area (Å²) in [5, 5.41) is 3.69. The molecule has 0 aliphatic carbocycles. The van der Waals surface area contributed by atoms with E-state index < -0.39 is 23.5 Å². The zero-order valence-corrected chi connectivity index (χ0v) is 13.8. The van der Waals surface area contributed by atoms with Crippen LogP contribution in [0.3, 0.4) is 0 Å². The van der Waals surface area contributed by atoms with E-state index in [1.54, 1.807) is 20.8 Å². The van der Waals surface area contributed by atoms with Gasteiger partial charge in [-0.25, -0.2) is 4.79 Å². The maximum Gasteiger partial charge on any atom is 0.344 e. The van der Waals surface area contributed by atoms with Crippen molar-refractivity contribution in [1.29, 1.82) is 0 Å². The van der Waals surface area contributed by atoms with Crippen molar-refractivity contribution in [3.05, 3.63) is 11.8 Å². The summed E-state index contributed by atoms with van der Waals surface area (Å²) in [6.45, 7) is 8.75. The van der Waals surface area contributed by atoms with E-state index in [0.29, 0.717) is 5.76 Å². The zero-order chi connectivity index (χ0) is 16.9. The Morgan fingerprint density at radius 3 is 2.45 bits per heavy atom. The fourth-order valence-electron chi connectivity index (χ4n) is 1.83. The summed E-state index contributed by atoms with van der Waals surface area (Å²) in [5.74, 6) is -1.07. The Morgan fingerprint density at radius 1 is 1.32 bits per heavy atom. The molecule has 0 fully saturated rings. The van der Waals surface area contributed by atoms with Gasteiger partial charge in [-0.1, -0.05) is 13.8 Å². The van der Waals surface area contributed by atoms with Crippen molar-refractivity contribution in [3.63, 3.8) is 0 Å². The molecule has 1 atom stereocenters. The van der Waals surface area contributed by atoms with Gasteiger partial charge in [0.15, 0.2) is 12.4 Å². The van der Waals surface area contributed by atoms with Gasteiger partial charge >= 0.3 is 11.9 Å². The molecule has 0 N–H and O–H groups in total. The first-order valence-electron chi connectivity index (χ1n) is 7.03. The monoisotopic (exact) mass is 313 g/mol. The Bertz CT molecular complexity index is 514. The molecule has 1 unspecified atom stereocenters. The number of hydrogen-bond donors (Lipinski definition) is 0. The average molecular weight is 313 g/mol. The van der Waals surface area contributed by atoms with Crippen molar-refractivity contribution in [2.75, 3.05) is 13.7 Å². The quantitative estimate of drug-likeness (QED) is 0.744. The van der Waals surface area contributed by atoms with E-state index in [-0.39, 0.29) is 18.4 Å². The summed E-state index contributed by atoms with van der Waals surface area (Å²) < 4.78 is 20.2. The minimum absolute atomic E-state index is 0.0286. The van der Waals surface area contributed by atoms with Gasteiger partial charge in [-0.3, -0.25) is 4.79 Å². The van der Waals surface area contributed by atoms with Crippen molar-refractivity contribution in [3.8, 4) is 5.88 Å². The number of carbonyl (C=O) groups is 2. The lowest BCUT2D eigenvalue weighted by Gasteiger charge is -2.19. The molecule has 0 amide bonds. The van der Waals surface area contributed by atoms with Crippen LogP contribution in [-0.2, 0) is 19.1 Å². The number of nitrogens with zero attached hydrogens (tertiary/aromatic N) is 1. The number of ether oxygens (including phenoxy) is 3. The normalized spacial score (nSPS) is 12.9. The highest BCUT2D eigenvalue weighted by Gasteiger charge is 2.29. The van der Waals surface area contributed by atoms with Gasteiger partial charge in [0, 0.05) is 6.07 Å². The smallest absolute Gasteiger partial charge is 0.344 e. The van der Waals surface area contributed by atoms with Gasteiger partial charge in [-0.15, -0.1) is 0 Å². The van der Waals surface area contributed by atoms with Crippen LogP contribution in [0.25, 0.3) is 0 Å². The van der Waals surface area contributed by atoms with Crippen LogP contribution in [0.1, 0.15) is 46.3 Å². The molecule has 1 heterocycles. The van der Waals surface area contributed by atoms with Crippen molar-refractivity contribution in [1.82, 2.24) is 5.16 Å². The fraction of sp³-hybridized carbons (Fsp3) is 0.667. The van der Waals surface area contributed by atoms with Crippen LogP contribution in [0.2, 0.25) is 0 Å². The molecular formula is C15H23NO6. The summed E-state index contributed by atoms with van der Waals surface area (Å²) in [7, 11) is 1.31. The summed E-state index contributed by atoms with van der Waals surface area (Å²) in [5.41, 5.74) is -0.580. The second kappa shape index (κ2) is 7.29. The van der Waals surface area contributed by atoms with Gasteiger partial charge in [0.1, 0.15) is 11.5 Å². The lowest BCUT2D eigenvalue weighted by atomic mass is 9.93. The van der Waals surface area contributed by atoms with Crippen LogP contribution in [-0.4, -0.2) is 36.4 Å². The summed E-state index contributed by atoms with van der Waals surface area (Å²) in [4.78, 5) is 23.3. The maximum atomic E-state index is 11.8. The molecule has 0 radical (unpaired) electrons. The highest BCUT2D eigenvalue weighted by molar-refractivity contribution is 5.77. The summed E-state index contributed by atoms with van der Waals surface area (Å²) >= 11 is 0. The highest BCUT2D eigenvalue weighted by Crippen LogP contribution is 2.28. The highest BCUT2D eigenvalue weighted by atomic mass is 16.6. The molecule has 22 heavy (non-hydrogen) atoms. The van der Waals surface area contributed by atoms with E-state index in [1.165, 1.54) is 13.2 Å². The lowest BCUT2D eigenvalue weighted by Crippen LogP contribution is -2.27. The van der Waals surface area contributed by atoms with Gasteiger partial charge in [0.2, 0.25) is 0 Å². The van der Waals surface area contributed by atoms with Gasteiger partial charge in [-0.05, 0) is 31.8 Å². The van der Waals surface area contributed by atoms with Crippen LogP contribution in [0.5, 0.6) is 5.88 Å². The van der Waals surface area contributed by atoms with Gasteiger partial charge in [0.05, 0.1) is 7.11 Å². The minimum Gasteiger partial charge on any atom is -0.468 e. The molecule has 0 aromatic carbocycles. The number of methoxy groups -OCH3 is 1. The Hall–Kier alpha value is -2.05. The SMILES string of the molecule is COC(=O)C(c1cc(OCC(=O)OC(C)(C)C)no1)C(C)C. The molecule has 0 saturated carbocycles. The number of esters is 2. The summed E-state index contributed by atoms with van der Waals surface area (Å²) in [6.07, 6.45) is 0. The van der Waals surface area contributed by atoms with Crippen molar-refractivity contribution in [2.45, 2.75) is 46.1 Å². The maximum absolute atomic E-state index is 11.8. The second-order valence-corrected chi connectivity index (χ2v) is 6.19. The van der Waals surface area contributed by atoms with Crippen LogP contribution >= 0.6 is 0 Å². The van der Waals surface area contributed by atoms with Crippen molar-refractivity contribution >= 4 is 11.9 Å². The lowest BCUT2D eigenvalue weighted by molar-refractivity contribution is -0.157. The fourth-order valence-corrected chi connectivity index (χ4v) is 1.83. The predicted octanol–water partition coefficient (Wildman–Crippen LogP) is 2.31. The Morgan fingerprint density at radius 2 is 1.95 bits per heavy atom. The van der Waals surface area contributed by atoms with Crippen LogP contribution in [0.15, 0.2) is 10.6 Å². The molecule has 0 bridgehead atoms. The molecule has 0 aliphatic heterocycles. The molecule has 1 aromatic rings. The molecule has 0 spiro atoms. The van der Waals surface area contributed by atoms with Crippen molar-refractivity contribution < 1.29 is 28.3 Å². The predicted molar refractivity (Wildman–Crippen MR) is 77.4 cm³/mol. The molecule has 1 rings (SSSR count). The topological polar surface area (TPSA) is 87.9 Å². The molecule has 1 aromatic heterocycles. The Kier molecular flexibility index (Phi) is 5.96. The van der Waals surface area contributed by atoms with Gasteiger partial charge in [0.25, 0.3) is 5.88 Å². The van der Waals surface area contributed by atoms with E-state index in [4.69, 9.17) is 18.7 Å². The summed E-state index contributed by atoms with van der Waals surface area (Å²) in [6, 6.07) is 1.48. The second-order valence-electron chi connectivity index (χ2n) is 6.19.